The quantitative estimate of drug-likeness (QED) is 0.590. The molecule has 0 saturated carbocycles. The third kappa shape index (κ3) is 3.56. The minimum Gasteiger partial charge on any atom is -0.399 e. The largest absolute Gasteiger partial charge is 0.399 e. The molecule has 1 heterocycles. The summed E-state index contributed by atoms with van der Waals surface area (Å²) in [6.45, 7) is 3.80. The van der Waals surface area contributed by atoms with Gasteiger partial charge in [-0.3, -0.25) is 4.98 Å². The van der Waals surface area contributed by atoms with Crippen molar-refractivity contribution in [1.29, 1.82) is 0 Å². The van der Waals surface area contributed by atoms with Crippen molar-refractivity contribution in [3.8, 4) is 0 Å². The first-order valence-electron chi connectivity index (χ1n) is 7.63. The van der Waals surface area contributed by atoms with Gasteiger partial charge in [-0.1, -0.05) is 54.3 Å². The first-order valence-corrected chi connectivity index (χ1v) is 8.39. The molecule has 0 saturated heterocycles. The molecule has 0 aliphatic rings. The number of aliphatic hydroxyl groups is 1. The molecule has 2 rings (SSSR count). The number of rotatable bonds is 6. The van der Waals surface area contributed by atoms with Crippen LogP contribution in [0.1, 0.15) is 37.3 Å². The Hall–Kier alpha value is -1.62. The van der Waals surface area contributed by atoms with Crippen LogP contribution in [-0.4, -0.2) is 22.9 Å². The molecule has 1 aromatic carbocycles. The van der Waals surface area contributed by atoms with Crippen LogP contribution in [0.3, 0.4) is 0 Å². The Morgan fingerprint density at radius 2 is 2.12 bits per heavy atom. The summed E-state index contributed by atoms with van der Waals surface area (Å²) >= 11 is 12.4. The van der Waals surface area contributed by atoms with Crippen LogP contribution < -0.4 is 0 Å². The SMILES string of the molecule is CCC(=NOC)C(O)(c1cccnc1)C(C)c1ccc(Cl)cc1Cl. The van der Waals surface area contributed by atoms with Crippen LogP contribution in [0, 0.1) is 0 Å². The van der Waals surface area contributed by atoms with E-state index < -0.39 is 5.60 Å². The number of oxime groups is 1. The van der Waals surface area contributed by atoms with Crippen molar-refractivity contribution < 1.29 is 9.94 Å². The Kier molecular flexibility index (Phi) is 6.21. The lowest BCUT2D eigenvalue weighted by atomic mass is 9.75. The van der Waals surface area contributed by atoms with E-state index in [9.17, 15) is 5.11 Å². The highest BCUT2D eigenvalue weighted by atomic mass is 35.5. The molecule has 0 bridgehead atoms. The van der Waals surface area contributed by atoms with Crippen LogP contribution in [0.5, 0.6) is 0 Å². The molecule has 0 amide bonds. The highest BCUT2D eigenvalue weighted by Gasteiger charge is 2.42. The lowest BCUT2D eigenvalue weighted by Crippen LogP contribution is -2.41. The van der Waals surface area contributed by atoms with Gasteiger partial charge in [-0.25, -0.2) is 0 Å². The van der Waals surface area contributed by atoms with Crippen LogP contribution in [0.25, 0.3) is 0 Å². The zero-order valence-electron chi connectivity index (χ0n) is 13.8. The van der Waals surface area contributed by atoms with Gasteiger partial charge >= 0.3 is 0 Å². The topological polar surface area (TPSA) is 54.7 Å². The van der Waals surface area contributed by atoms with Gasteiger partial charge < -0.3 is 9.94 Å². The number of nitrogens with zero attached hydrogens (tertiary/aromatic N) is 2. The molecule has 0 aliphatic heterocycles. The van der Waals surface area contributed by atoms with Crippen LogP contribution in [0.4, 0.5) is 0 Å². The molecule has 0 radical (unpaired) electrons. The second kappa shape index (κ2) is 7.97. The van der Waals surface area contributed by atoms with Gasteiger partial charge in [-0.15, -0.1) is 0 Å². The second-order valence-corrected chi connectivity index (χ2v) is 6.31. The minimum atomic E-state index is -1.41. The molecule has 128 valence electrons. The zero-order valence-corrected chi connectivity index (χ0v) is 15.3. The van der Waals surface area contributed by atoms with Crippen molar-refractivity contribution in [3.63, 3.8) is 0 Å². The van der Waals surface area contributed by atoms with Gasteiger partial charge in [0.2, 0.25) is 0 Å². The highest BCUT2D eigenvalue weighted by molar-refractivity contribution is 6.35. The van der Waals surface area contributed by atoms with Gasteiger partial charge in [-0.2, -0.15) is 0 Å². The molecule has 0 spiro atoms. The molecule has 2 unspecified atom stereocenters. The number of hydrogen-bond acceptors (Lipinski definition) is 4. The van der Waals surface area contributed by atoms with E-state index >= 15 is 0 Å². The number of pyridine rings is 1. The Morgan fingerprint density at radius 1 is 1.38 bits per heavy atom. The summed E-state index contributed by atoms with van der Waals surface area (Å²) in [5.41, 5.74) is 0.485. The van der Waals surface area contributed by atoms with Crippen LogP contribution in [0.2, 0.25) is 10.0 Å². The normalized spacial score (nSPS) is 15.7. The van der Waals surface area contributed by atoms with E-state index in [-0.39, 0.29) is 5.92 Å². The predicted octanol–water partition coefficient (Wildman–Crippen LogP) is 4.79. The van der Waals surface area contributed by atoms with E-state index in [0.29, 0.717) is 27.7 Å². The fourth-order valence-corrected chi connectivity index (χ4v) is 3.42. The van der Waals surface area contributed by atoms with Crippen molar-refractivity contribution in [1.82, 2.24) is 4.98 Å². The lowest BCUT2D eigenvalue weighted by molar-refractivity contribution is 0.0758. The standard InChI is InChI=1S/C18H20Cl2N2O2/c1-4-17(22-24-3)18(23,13-6-5-9-21-11-13)12(2)15-8-7-14(19)10-16(15)20/h5-12,23H,4H2,1-3H3. The van der Waals surface area contributed by atoms with E-state index in [1.807, 2.05) is 26.0 Å². The first kappa shape index (κ1) is 18.7. The summed E-state index contributed by atoms with van der Waals surface area (Å²) in [5.74, 6) is -0.389. The fourth-order valence-electron chi connectivity index (χ4n) is 2.85. The summed E-state index contributed by atoms with van der Waals surface area (Å²) < 4.78 is 0. The van der Waals surface area contributed by atoms with Crippen LogP contribution >= 0.6 is 23.2 Å². The van der Waals surface area contributed by atoms with Gasteiger partial charge in [0.05, 0.1) is 5.71 Å². The molecule has 24 heavy (non-hydrogen) atoms. The summed E-state index contributed by atoms with van der Waals surface area (Å²) in [5, 5.41) is 16.7. The molecule has 1 N–H and O–H groups in total. The number of benzene rings is 1. The lowest BCUT2D eigenvalue weighted by Gasteiger charge is -2.35. The van der Waals surface area contributed by atoms with Gasteiger partial charge in [0.25, 0.3) is 0 Å². The zero-order chi connectivity index (χ0) is 17.7. The smallest absolute Gasteiger partial charge is 0.139 e. The summed E-state index contributed by atoms with van der Waals surface area (Å²) in [6, 6.07) is 8.82. The third-order valence-electron chi connectivity index (χ3n) is 4.13. The monoisotopic (exact) mass is 366 g/mol. The second-order valence-electron chi connectivity index (χ2n) is 5.47. The Bertz CT molecular complexity index is 722. The average Bonchev–Trinajstić information content (AvgIpc) is 2.59. The molecular formula is C18H20Cl2N2O2. The minimum absolute atomic E-state index is 0.389. The molecule has 4 nitrogen and oxygen atoms in total. The number of halogens is 2. The van der Waals surface area contributed by atoms with Crippen LogP contribution in [0.15, 0.2) is 47.9 Å². The van der Waals surface area contributed by atoms with Gasteiger partial charge in [0.1, 0.15) is 12.7 Å². The van der Waals surface area contributed by atoms with E-state index in [0.717, 1.165) is 5.56 Å². The Labute approximate surface area is 152 Å². The number of hydrogen-bond donors (Lipinski definition) is 1. The molecule has 2 atom stereocenters. The summed E-state index contributed by atoms with van der Waals surface area (Å²) in [4.78, 5) is 9.08. The fraction of sp³-hybridized carbons (Fsp3) is 0.333. The Morgan fingerprint density at radius 3 is 2.67 bits per heavy atom. The Balaban J connectivity index is 2.63. The maximum Gasteiger partial charge on any atom is 0.139 e. The van der Waals surface area contributed by atoms with Crippen molar-refractivity contribution >= 4 is 28.9 Å². The maximum atomic E-state index is 11.6. The third-order valence-corrected chi connectivity index (χ3v) is 4.70. The summed E-state index contributed by atoms with van der Waals surface area (Å²) in [7, 11) is 1.46. The van der Waals surface area contributed by atoms with Crippen molar-refractivity contribution in [2.45, 2.75) is 31.8 Å². The molecule has 2 aromatic rings. The first-order chi connectivity index (χ1) is 11.4. The van der Waals surface area contributed by atoms with Crippen molar-refractivity contribution in [2.75, 3.05) is 7.11 Å². The summed E-state index contributed by atoms with van der Waals surface area (Å²) in [6.07, 6.45) is 3.79. The van der Waals surface area contributed by atoms with Crippen LogP contribution in [-0.2, 0) is 10.4 Å². The van der Waals surface area contributed by atoms with E-state index in [2.05, 4.69) is 10.1 Å². The van der Waals surface area contributed by atoms with Gasteiger partial charge in [0.15, 0.2) is 0 Å². The van der Waals surface area contributed by atoms with Crippen molar-refractivity contribution in [3.05, 3.63) is 63.9 Å². The average molecular weight is 367 g/mol. The molecule has 0 fully saturated rings. The molecule has 1 aromatic heterocycles. The van der Waals surface area contributed by atoms with Gasteiger partial charge in [-0.05, 0) is 30.2 Å². The molecular weight excluding hydrogens is 347 g/mol. The highest BCUT2D eigenvalue weighted by Crippen LogP contribution is 2.41. The predicted molar refractivity (Wildman–Crippen MR) is 97.7 cm³/mol. The van der Waals surface area contributed by atoms with Gasteiger partial charge in [0, 0.05) is 33.9 Å². The maximum absolute atomic E-state index is 11.6. The molecule has 0 aliphatic carbocycles. The van der Waals surface area contributed by atoms with E-state index in [4.69, 9.17) is 28.0 Å². The van der Waals surface area contributed by atoms with Crippen molar-refractivity contribution in [2.24, 2.45) is 5.16 Å². The van der Waals surface area contributed by atoms with E-state index in [1.54, 1.807) is 30.6 Å². The van der Waals surface area contributed by atoms with E-state index in [1.165, 1.54) is 7.11 Å². The number of aromatic nitrogens is 1. The molecule has 6 heteroatoms.